The lowest BCUT2D eigenvalue weighted by Gasteiger charge is -2.15. The summed E-state index contributed by atoms with van der Waals surface area (Å²) in [5, 5.41) is 14.5. The molecule has 0 aliphatic heterocycles. The van der Waals surface area contributed by atoms with Gasteiger partial charge in [-0.2, -0.15) is 0 Å². The number of fused-ring (bicyclic) bond motifs is 3. The maximum absolute atomic E-state index is 13.0. The van der Waals surface area contributed by atoms with E-state index in [4.69, 9.17) is 14.2 Å². The van der Waals surface area contributed by atoms with Crippen LogP contribution in [0.4, 0.5) is 11.4 Å². The highest BCUT2D eigenvalue weighted by atomic mass is 16.6. The average molecular weight is 420 g/mol. The van der Waals surface area contributed by atoms with Crippen molar-refractivity contribution in [2.24, 2.45) is 0 Å². The third-order valence-corrected chi connectivity index (χ3v) is 5.28. The summed E-state index contributed by atoms with van der Waals surface area (Å²) in [6.07, 6.45) is 0.763. The molecule has 158 valence electrons. The molecule has 0 unspecified atom stereocenters. The fourth-order valence-corrected chi connectivity index (χ4v) is 3.92. The van der Waals surface area contributed by atoms with Gasteiger partial charge in [0.1, 0.15) is 5.56 Å². The van der Waals surface area contributed by atoms with Crippen LogP contribution in [0.25, 0.3) is 11.1 Å². The molecular formula is C23H20N2O6. The number of benzene rings is 3. The van der Waals surface area contributed by atoms with Gasteiger partial charge in [0.2, 0.25) is 11.5 Å². The zero-order chi connectivity index (χ0) is 22.1. The van der Waals surface area contributed by atoms with Crippen molar-refractivity contribution in [3.05, 3.63) is 75.3 Å². The van der Waals surface area contributed by atoms with Crippen molar-refractivity contribution in [3.8, 4) is 28.4 Å². The molecule has 0 heterocycles. The van der Waals surface area contributed by atoms with Crippen molar-refractivity contribution in [2.75, 3.05) is 26.6 Å². The van der Waals surface area contributed by atoms with Gasteiger partial charge in [-0.05, 0) is 40.8 Å². The van der Waals surface area contributed by atoms with E-state index in [2.05, 4.69) is 17.4 Å². The fraction of sp³-hybridized carbons (Fsp3) is 0.174. The Balaban J connectivity index is 1.71. The van der Waals surface area contributed by atoms with E-state index in [1.165, 1.54) is 38.5 Å². The Kier molecular flexibility index (Phi) is 5.21. The zero-order valence-corrected chi connectivity index (χ0v) is 17.2. The van der Waals surface area contributed by atoms with Crippen LogP contribution in [0.15, 0.2) is 48.5 Å². The number of rotatable bonds is 6. The molecule has 4 rings (SSSR count). The summed E-state index contributed by atoms with van der Waals surface area (Å²) in [7, 11) is 3.99. The lowest BCUT2D eigenvalue weighted by molar-refractivity contribution is -0.386. The van der Waals surface area contributed by atoms with Gasteiger partial charge in [0.15, 0.2) is 5.75 Å². The topological polar surface area (TPSA) is 99.9 Å². The minimum Gasteiger partial charge on any atom is -0.493 e. The number of nitrogens with one attached hydrogen (secondary N) is 1. The molecule has 0 saturated heterocycles. The molecule has 3 aromatic rings. The van der Waals surface area contributed by atoms with E-state index in [-0.39, 0.29) is 22.8 Å². The Morgan fingerprint density at radius 2 is 1.65 bits per heavy atom. The second-order valence-electron chi connectivity index (χ2n) is 6.96. The normalized spacial score (nSPS) is 11.3. The number of hydrogen-bond donors (Lipinski definition) is 1. The second-order valence-corrected chi connectivity index (χ2v) is 6.96. The molecule has 1 amide bonds. The number of nitro groups is 1. The fourth-order valence-electron chi connectivity index (χ4n) is 3.92. The van der Waals surface area contributed by atoms with Crippen molar-refractivity contribution in [3.63, 3.8) is 0 Å². The van der Waals surface area contributed by atoms with E-state index in [9.17, 15) is 14.9 Å². The van der Waals surface area contributed by atoms with Gasteiger partial charge in [0.25, 0.3) is 5.91 Å². The number of anilines is 1. The number of amides is 1. The lowest BCUT2D eigenvalue weighted by atomic mass is 10.1. The van der Waals surface area contributed by atoms with Crippen molar-refractivity contribution >= 4 is 17.3 Å². The van der Waals surface area contributed by atoms with Gasteiger partial charge in [-0.15, -0.1) is 0 Å². The van der Waals surface area contributed by atoms with Gasteiger partial charge in [0.05, 0.1) is 26.3 Å². The largest absolute Gasteiger partial charge is 0.493 e. The second kappa shape index (κ2) is 7.98. The van der Waals surface area contributed by atoms with Crippen molar-refractivity contribution in [1.82, 2.24) is 0 Å². The number of nitro benzene ring substituents is 1. The molecule has 1 N–H and O–H groups in total. The molecule has 8 nitrogen and oxygen atoms in total. The molecule has 0 atom stereocenters. The van der Waals surface area contributed by atoms with E-state index in [0.29, 0.717) is 5.69 Å². The molecule has 0 fully saturated rings. The van der Waals surface area contributed by atoms with Crippen LogP contribution in [0.2, 0.25) is 0 Å². The summed E-state index contributed by atoms with van der Waals surface area (Å²) in [5.74, 6) is -0.633. The first-order chi connectivity index (χ1) is 15.0. The molecule has 0 spiro atoms. The summed E-state index contributed by atoms with van der Waals surface area (Å²) in [6.45, 7) is 0. The Labute approximate surface area is 178 Å². The van der Waals surface area contributed by atoms with Crippen molar-refractivity contribution < 1.29 is 23.9 Å². The molecular weight excluding hydrogens is 400 g/mol. The van der Waals surface area contributed by atoms with E-state index in [0.717, 1.165) is 17.5 Å². The molecule has 1 aliphatic rings. The van der Waals surface area contributed by atoms with Gasteiger partial charge >= 0.3 is 5.69 Å². The summed E-state index contributed by atoms with van der Waals surface area (Å²) in [4.78, 5) is 24.1. The molecule has 0 saturated carbocycles. The molecule has 1 aliphatic carbocycles. The highest BCUT2D eigenvalue weighted by Crippen LogP contribution is 2.46. The number of carbonyl (C=O) groups excluding carboxylic acids is 1. The first-order valence-electron chi connectivity index (χ1n) is 9.48. The van der Waals surface area contributed by atoms with Crippen LogP contribution in [0.3, 0.4) is 0 Å². The van der Waals surface area contributed by atoms with E-state index in [1.54, 1.807) is 6.07 Å². The minimum absolute atomic E-state index is 0.0449. The van der Waals surface area contributed by atoms with E-state index >= 15 is 0 Å². The predicted octanol–water partition coefficient (Wildman–Crippen LogP) is 4.44. The van der Waals surface area contributed by atoms with Crippen molar-refractivity contribution in [1.29, 1.82) is 0 Å². The monoisotopic (exact) mass is 420 g/mol. The predicted molar refractivity (Wildman–Crippen MR) is 115 cm³/mol. The SMILES string of the molecule is COc1cc(C(=O)Nc2ccc3c(c2)Cc2ccccc2-3)c([N+](=O)[O-])c(OC)c1OC. The van der Waals surface area contributed by atoms with Crippen molar-refractivity contribution in [2.45, 2.75) is 6.42 Å². The third kappa shape index (κ3) is 3.42. The van der Waals surface area contributed by atoms with Crippen LogP contribution >= 0.6 is 0 Å². The molecule has 0 bridgehead atoms. The third-order valence-electron chi connectivity index (χ3n) is 5.28. The smallest absolute Gasteiger partial charge is 0.327 e. The quantitative estimate of drug-likeness (QED) is 0.366. The summed E-state index contributed by atoms with van der Waals surface area (Å²) >= 11 is 0. The molecule has 8 heteroatoms. The number of methoxy groups -OCH3 is 3. The average Bonchev–Trinajstić information content (AvgIpc) is 3.14. The number of hydrogen-bond acceptors (Lipinski definition) is 6. The molecule has 0 aromatic heterocycles. The zero-order valence-electron chi connectivity index (χ0n) is 17.2. The highest BCUT2D eigenvalue weighted by molar-refractivity contribution is 6.08. The van der Waals surface area contributed by atoms with Gasteiger partial charge in [-0.25, -0.2) is 0 Å². The lowest BCUT2D eigenvalue weighted by Crippen LogP contribution is -2.15. The Morgan fingerprint density at radius 1 is 0.935 bits per heavy atom. The molecule has 3 aromatic carbocycles. The maximum atomic E-state index is 13.0. The molecule has 0 radical (unpaired) electrons. The van der Waals surface area contributed by atoms with Crippen LogP contribution in [-0.4, -0.2) is 32.2 Å². The van der Waals surface area contributed by atoms with Crippen LogP contribution in [0.5, 0.6) is 17.2 Å². The van der Waals surface area contributed by atoms with Gasteiger partial charge in [0, 0.05) is 11.8 Å². The first-order valence-corrected chi connectivity index (χ1v) is 9.48. The Bertz CT molecular complexity index is 1200. The Morgan fingerprint density at radius 3 is 2.32 bits per heavy atom. The molecule has 31 heavy (non-hydrogen) atoms. The Hall–Kier alpha value is -4.07. The van der Waals surface area contributed by atoms with Gasteiger partial charge < -0.3 is 19.5 Å². The summed E-state index contributed by atoms with van der Waals surface area (Å²) in [6, 6.07) is 15.0. The minimum atomic E-state index is -0.672. The standard InChI is InChI=1S/C23H20N2O6/c1-29-19-12-18(20(25(27)28)22(31-3)21(19)30-2)23(26)24-15-8-9-17-14(11-15)10-13-6-4-5-7-16(13)17/h4-9,11-12H,10H2,1-3H3,(H,24,26). The summed E-state index contributed by atoms with van der Waals surface area (Å²) in [5.41, 5.74) is 4.46. The van der Waals surface area contributed by atoms with Gasteiger partial charge in [-0.3, -0.25) is 14.9 Å². The van der Waals surface area contributed by atoms with E-state index < -0.39 is 16.5 Å². The summed E-state index contributed by atoms with van der Waals surface area (Å²) < 4.78 is 15.6. The maximum Gasteiger partial charge on any atom is 0.327 e. The number of ether oxygens (including phenoxy) is 3. The number of nitrogens with zero attached hydrogens (tertiary/aromatic N) is 1. The van der Waals surface area contributed by atoms with Crippen LogP contribution in [0.1, 0.15) is 21.5 Å². The van der Waals surface area contributed by atoms with Crippen LogP contribution in [0, 0.1) is 10.1 Å². The highest BCUT2D eigenvalue weighted by Gasteiger charge is 2.32. The van der Waals surface area contributed by atoms with Gasteiger partial charge in [-0.1, -0.05) is 30.3 Å². The number of carbonyl (C=O) groups is 1. The van der Waals surface area contributed by atoms with E-state index in [1.807, 2.05) is 24.3 Å². The van der Waals surface area contributed by atoms with Crippen LogP contribution < -0.4 is 19.5 Å². The first kappa shape index (κ1) is 20.2. The van der Waals surface area contributed by atoms with Crippen LogP contribution in [-0.2, 0) is 6.42 Å².